The number of nitrogens with zero attached hydrogens (tertiary/aromatic N) is 2. The van der Waals surface area contributed by atoms with Crippen LogP contribution in [-0.2, 0) is 16.1 Å². The van der Waals surface area contributed by atoms with Gasteiger partial charge in [0, 0.05) is 17.6 Å². The minimum atomic E-state index is -0.384. The predicted molar refractivity (Wildman–Crippen MR) is 115 cm³/mol. The van der Waals surface area contributed by atoms with Gasteiger partial charge in [-0.15, -0.1) is 0 Å². The summed E-state index contributed by atoms with van der Waals surface area (Å²) in [4.78, 5) is 30.8. The zero-order chi connectivity index (χ0) is 22.0. The molecule has 3 fully saturated rings. The highest BCUT2D eigenvalue weighted by molar-refractivity contribution is 6.06. The van der Waals surface area contributed by atoms with Crippen LogP contribution >= 0.6 is 0 Å². The molecule has 8 heteroatoms. The topological polar surface area (TPSA) is 109 Å². The van der Waals surface area contributed by atoms with E-state index in [4.69, 9.17) is 20.6 Å². The number of hydrogen-bond acceptors (Lipinski definition) is 6. The third-order valence-electron chi connectivity index (χ3n) is 7.28. The highest BCUT2D eigenvalue weighted by Gasteiger charge is 2.62. The number of nitrogen functional groups attached to an aromatic ring is 1. The summed E-state index contributed by atoms with van der Waals surface area (Å²) in [7, 11) is 0. The minimum absolute atomic E-state index is 0.0157. The smallest absolute Gasteiger partial charge is 0.235 e. The maximum Gasteiger partial charge on any atom is 0.235 e. The highest BCUT2D eigenvalue weighted by Crippen LogP contribution is 2.53. The van der Waals surface area contributed by atoms with E-state index in [-0.39, 0.29) is 54.9 Å². The number of ether oxygens (including phenoxy) is 2. The van der Waals surface area contributed by atoms with Crippen molar-refractivity contribution in [2.24, 2.45) is 17.6 Å². The van der Waals surface area contributed by atoms with Gasteiger partial charge in [-0.2, -0.15) is 0 Å². The fourth-order valence-electron chi connectivity index (χ4n) is 5.90. The van der Waals surface area contributed by atoms with E-state index in [1.54, 1.807) is 0 Å². The fourth-order valence-corrected chi connectivity index (χ4v) is 5.90. The number of nitrogens with two attached hydrogens (primary N) is 1. The molecule has 0 radical (unpaired) electrons. The van der Waals surface area contributed by atoms with Crippen LogP contribution in [0.5, 0.6) is 11.5 Å². The van der Waals surface area contributed by atoms with Crippen LogP contribution in [-0.4, -0.2) is 46.8 Å². The fraction of sp³-hybridized carbons (Fsp3) is 0.375. The molecule has 32 heavy (non-hydrogen) atoms. The summed E-state index contributed by atoms with van der Waals surface area (Å²) in [5, 5.41) is 7.63. The molecular formula is C24H24N4O4. The Hall–Kier alpha value is -3.39. The van der Waals surface area contributed by atoms with Crippen molar-refractivity contribution < 1.29 is 19.1 Å². The predicted octanol–water partition coefficient (Wildman–Crippen LogP) is 2.02. The molecular weight excluding hydrogens is 408 g/mol. The van der Waals surface area contributed by atoms with Crippen molar-refractivity contribution in [3.63, 3.8) is 0 Å². The molecule has 2 amide bonds. The first-order chi connectivity index (χ1) is 15.5. The zero-order valence-corrected chi connectivity index (χ0v) is 17.5. The minimum Gasteiger partial charge on any atom is -0.454 e. The van der Waals surface area contributed by atoms with Crippen LogP contribution in [0.25, 0.3) is 0 Å². The molecule has 6 rings (SSSR count). The van der Waals surface area contributed by atoms with E-state index in [9.17, 15) is 9.59 Å². The average Bonchev–Trinajstić information content (AvgIpc) is 3.54. The van der Waals surface area contributed by atoms with E-state index in [0.717, 1.165) is 30.5 Å². The lowest BCUT2D eigenvalue weighted by molar-refractivity contribution is -0.142. The zero-order valence-electron chi connectivity index (χ0n) is 17.5. The molecule has 2 aromatic rings. The lowest BCUT2D eigenvalue weighted by atomic mass is 9.85. The first kappa shape index (κ1) is 19.3. The van der Waals surface area contributed by atoms with Gasteiger partial charge in [0.15, 0.2) is 11.5 Å². The van der Waals surface area contributed by atoms with Crippen molar-refractivity contribution in [2.75, 3.05) is 13.3 Å². The summed E-state index contributed by atoms with van der Waals surface area (Å²) in [6, 6.07) is 13.0. The van der Waals surface area contributed by atoms with Crippen LogP contribution in [0.15, 0.2) is 42.5 Å². The normalized spacial score (nSPS) is 28.3. The molecule has 0 saturated carbocycles. The van der Waals surface area contributed by atoms with E-state index in [1.165, 1.54) is 4.90 Å². The van der Waals surface area contributed by atoms with Gasteiger partial charge in [0.2, 0.25) is 18.6 Å². The summed E-state index contributed by atoms with van der Waals surface area (Å²) in [5.41, 5.74) is 8.11. The number of carbonyl (C=O) groups is 2. The van der Waals surface area contributed by atoms with Gasteiger partial charge in [-0.1, -0.05) is 30.3 Å². The Bertz CT molecular complexity index is 1130. The quantitative estimate of drug-likeness (QED) is 0.435. The molecule has 0 spiro atoms. The van der Waals surface area contributed by atoms with Crippen LogP contribution in [0.1, 0.15) is 35.6 Å². The van der Waals surface area contributed by atoms with Gasteiger partial charge >= 0.3 is 0 Å². The number of hydrogen-bond donors (Lipinski definition) is 2. The molecule has 3 N–H and O–H groups in total. The third-order valence-corrected chi connectivity index (χ3v) is 7.28. The van der Waals surface area contributed by atoms with Gasteiger partial charge in [-0.25, -0.2) is 0 Å². The van der Waals surface area contributed by atoms with Gasteiger partial charge in [-0.05, 0) is 42.6 Å². The van der Waals surface area contributed by atoms with Crippen LogP contribution in [0.4, 0.5) is 0 Å². The maximum absolute atomic E-state index is 13.6. The Labute approximate surface area is 185 Å². The van der Waals surface area contributed by atoms with Crippen LogP contribution in [0, 0.1) is 17.2 Å². The number of imide groups is 1. The van der Waals surface area contributed by atoms with Gasteiger partial charge in [0.1, 0.15) is 5.84 Å². The molecule has 3 saturated heterocycles. The molecule has 2 aromatic carbocycles. The lowest BCUT2D eigenvalue weighted by Gasteiger charge is -2.29. The summed E-state index contributed by atoms with van der Waals surface area (Å²) >= 11 is 0. The second-order valence-electron chi connectivity index (χ2n) is 8.93. The Balaban J connectivity index is 1.32. The number of carbonyl (C=O) groups excluding carboxylic acids is 2. The Kier molecular flexibility index (Phi) is 4.26. The standard InChI is InChI=1S/C24H24N4O4/c25-22(26)15-6-4-14(5-7-15)21-20-19(16-2-1-9-27(16)21)23(29)28(24(20)30)11-13-3-8-17-18(10-13)32-12-31-17/h3-8,10,16,19-21H,1-2,9,11-12H2,(H3,25,26)/t16-,19-,20-,21-/m1/s1. The first-order valence-electron chi connectivity index (χ1n) is 11.0. The largest absolute Gasteiger partial charge is 0.454 e. The molecule has 4 heterocycles. The summed E-state index contributed by atoms with van der Waals surface area (Å²) in [5.74, 6) is 0.473. The van der Waals surface area contributed by atoms with E-state index in [2.05, 4.69) is 4.90 Å². The molecule has 4 atom stereocenters. The molecule has 4 aliphatic heterocycles. The number of rotatable bonds is 4. The summed E-state index contributed by atoms with van der Waals surface area (Å²) in [6.07, 6.45) is 1.96. The SMILES string of the molecule is N=C(N)c1ccc([C@@H]2[C@@H]3C(=O)N(Cc4ccc5c(c4)OCO5)C(=O)[C@@H]3[C@H]3CCCN32)cc1. The number of likely N-dealkylation sites (tertiary alicyclic amines) is 1. The second-order valence-corrected chi connectivity index (χ2v) is 8.93. The Morgan fingerprint density at radius 3 is 2.56 bits per heavy atom. The van der Waals surface area contributed by atoms with E-state index >= 15 is 0 Å². The van der Waals surface area contributed by atoms with Crippen molar-refractivity contribution in [2.45, 2.75) is 31.5 Å². The van der Waals surface area contributed by atoms with Gasteiger partial charge in [-0.3, -0.25) is 24.8 Å². The van der Waals surface area contributed by atoms with Crippen molar-refractivity contribution in [1.29, 1.82) is 5.41 Å². The van der Waals surface area contributed by atoms with E-state index in [1.807, 2.05) is 42.5 Å². The second kappa shape index (κ2) is 7.06. The molecule has 0 bridgehead atoms. The Morgan fingerprint density at radius 2 is 1.78 bits per heavy atom. The monoisotopic (exact) mass is 432 g/mol. The number of benzene rings is 2. The van der Waals surface area contributed by atoms with Gasteiger partial charge in [0.25, 0.3) is 0 Å². The number of amides is 2. The van der Waals surface area contributed by atoms with Crippen molar-refractivity contribution >= 4 is 17.6 Å². The average molecular weight is 432 g/mol. The van der Waals surface area contributed by atoms with Crippen molar-refractivity contribution in [3.05, 3.63) is 59.2 Å². The number of fused-ring (bicyclic) bond motifs is 4. The van der Waals surface area contributed by atoms with Crippen LogP contribution in [0.3, 0.4) is 0 Å². The van der Waals surface area contributed by atoms with Gasteiger partial charge < -0.3 is 15.2 Å². The molecule has 164 valence electrons. The highest BCUT2D eigenvalue weighted by atomic mass is 16.7. The van der Waals surface area contributed by atoms with Crippen LogP contribution < -0.4 is 15.2 Å². The summed E-state index contributed by atoms with van der Waals surface area (Å²) in [6.45, 7) is 1.32. The number of amidine groups is 1. The summed E-state index contributed by atoms with van der Waals surface area (Å²) < 4.78 is 10.8. The van der Waals surface area contributed by atoms with E-state index in [0.29, 0.717) is 17.1 Å². The first-order valence-corrected chi connectivity index (χ1v) is 11.0. The van der Waals surface area contributed by atoms with E-state index < -0.39 is 0 Å². The molecule has 4 aliphatic rings. The lowest BCUT2D eigenvalue weighted by Crippen LogP contribution is -2.38. The number of nitrogens with one attached hydrogen (secondary N) is 1. The molecule has 0 aromatic heterocycles. The Morgan fingerprint density at radius 1 is 1.03 bits per heavy atom. The van der Waals surface area contributed by atoms with Crippen molar-refractivity contribution in [3.8, 4) is 11.5 Å². The third kappa shape index (κ3) is 2.75. The van der Waals surface area contributed by atoms with Gasteiger partial charge in [0.05, 0.1) is 18.4 Å². The molecule has 0 aliphatic carbocycles. The molecule has 0 unspecified atom stereocenters. The molecule has 8 nitrogen and oxygen atoms in total. The maximum atomic E-state index is 13.6. The van der Waals surface area contributed by atoms with Crippen molar-refractivity contribution in [1.82, 2.24) is 9.80 Å². The van der Waals surface area contributed by atoms with Crippen LogP contribution in [0.2, 0.25) is 0 Å².